The van der Waals surface area contributed by atoms with Crippen LogP contribution in [-0.4, -0.2) is 11.9 Å². The zero-order valence-corrected chi connectivity index (χ0v) is 10.6. The van der Waals surface area contributed by atoms with Gasteiger partial charge in [0.2, 0.25) is 5.91 Å². The highest BCUT2D eigenvalue weighted by Gasteiger charge is 2.15. The van der Waals surface area contributed by atoms with Gasteiger partial charge in [-0.05, 0) is 37.0 Å². The minimum Gasteiger partial charge on any atom is -0.353 e. The van der Waals surface area contributed by atoms with Gasteiger partial charge in [0.1, 0.15) is 5.82 Å². The van der Waals surface area contributed by atoms with E-state index < -0.39 is 0 Å². The summed E-state index contributed by atoms with van der Waals surface area (Å²) < 4.78 is 12.7. The van der Waals surface area contributed by atoms with Gasteiger partial charge >= 0.3 is 0 Å². The van der Waals surface area contributed by atoms with Crippen LogP contribution in [0.2, 0.25) is 0 Å². The quantitative estimate of drug-likeness (QED) is 0.872. The summed E-state index contributed by atoms with van der Waals surface area (Å²) in [6.45, 7) is 0. The molecule has 0 radical (unpaired) electrons. The number of benzene rings is 1. The number of rotatable bonds is 4. The van der Waals surface area contributed by atoms with Gasteiger partial charge in [-0.1, -0.05) is 31.4 Å². The fraction of sp³-hybridized carbons (Fsp3) is 0.533. The molecule has 1 fully saturated rings. The van der Waals surface area contributed by atoms with E-state index in [1.807, 2.05) is 0 Å². The van der Waals surface area contributed by atoms with Gasteiger partial charge in [0, 0.05) is 12.5 Å². The van der Waals surface area contributed by atoms with Crippen LogP contribution in [0.1, 0.15) is 44.1 Å². The molecule has 1 amide bonds. The minimum absolute atomic E-state index is 0.117. The zero-order valence-electron chi connectivity index (χ0n) is 10.6. The molecular weight excluding hydrogens is 229 g/mol. The van der Waals surface area contributed by atoms with Crippen molar-refractivity contribution in [3.63, 3.8) is 0 Å². The molecule has 1 aliphatic rings. The summed E-state index contributed by atoms with van der Waals surface area (Å²) in [7, 11) is 0. The molecule has 0 atom stereocenters. The summed E-state index contributed by atoms with van der Waals surface area (Å²) >= 11 is 0. The molecular formula is C15H20FNO. The first-order valence-electron chi connectivity index (χ1n) is 6.78. The summed E-state index contributed by atoms with van der Waals surface area (Å²) in [5.74, 6) is -0.114. The number of aryl methyl sites for hydroxylation is 1. The standard InChI is InChI=1S/C15H20FNO/c16-13-9-6-12(7-10-13)8-11-15(18)17-14-4-2-1-3-5-14/h6-7,9-10,14H,1-5,8,11H2,(H,17,18). The molecule has 18 heavy (non-hydrogen) atoms. The van der Waals surface area contributed by atoms with Gasteiger partial charge in [0.25, 0.3) is 0 Å². The van der Waals surface area contributed by atoms with E-state index in [0.717, 1.165) is 18.4 Å². The normalized spacial score (nSPS) is 16.5. The van der Waals surface area contributed by atoms with Crippen LogP contribution in [0, 0.1) is 5.82 Å². The molecule has 1 N–H and O–H groups in total. The predicted octanol–water partition coefficient (Wildman–Crippen LogP) is 3.21. The second-order valence-electron chi connectivity index (χ2n) is 5.03. The maximum Gasteiger partial charge on any atom is 0.220 e. The lowest BCUT2D eigenvalue weighted by Crippen LogP contribution is -2.36. The van der Waals surface area contributed by atoms with Gasteiger partial charge < -0.3 is 5.32 Å². The molecule has 2 rings (SSSR count). The number of amides is 1. The van der Waals surface area contributed by atoms with E-state index in [4.69, 9.17) is 0 Å². The first-order valence-corrected chi connectivity index (χ1v) is 6.78. The number of halogens is 1. The third-order valence-electron chi connectivity index (χ3n) is 3.52. The number of hydrogen-bond acceptors (Lipinski definition) is 1. The zero-order chi connectivity index (χ0) is 12.8. The maximum absolute atomic E-state index is 12.7. The smallest absolute Gasteiger partial charge is 0.220 e. The summed E-state index contributed by atoms with van der Waals surface area (Å²) in [6, 6.07) is 6.73. The number of carbonyl (C=O) groups is 1. The Bertz CT molecular complexity index is 382. The largest absolute Gasteiger partial charge is 0.353 e. The second kappa shape index (κ2) is 6.53. The Morgan fingerprint density at radius 2 is 1.83 bits per heavy atom. The molecule has 0 unspecified atom stereocenters. The Hall–Kier alpha value is -1.38. The average molecular weight is 249 g/mol. The number of carbonyl (C=O) groups excluding carboxylic acids is 1. The van der Waals surface area contributed by atoms with Crippen molar-refractivity contribution in [1.29, 1.82) is 0 Å². The van der Waals surface area contributed by atoms with Crippen LogP contribution >= 0.6 is 0 Å². The van der Waals surface area contributed by atoms with Crippen molar-refractivity contribution in [2.24, 2.45) is 0 Å². The number of nitrogens with one attached hydrogen (secondary N) is 1. The Kier molecular flexibility index (Phi) is 4.73. The lowest BCUT2D eigenvalue weighted by Gasteiger charge is -2.22. The van der Waals surface area contributed by atoms with Crippen LogP contribution in [0.4, 0.5) is 4.39 Å². The van der Waals surface area contributed by atoms with E-state index in [9.17, 15) is 9.18 Å². The highest BCUT2D eigenvalue weighted by atomic mass is 19.1. The molecule has 2 nitrogen and oxygen atoms in total. The molecule has 1 saturated carbocycles. The molecule has 1 aliphatic carbocycles. The Labute approximate surface area is 108 Å². The fourth-order valence-corrected chi connectivity index (χ4v) is 2.46. The third kappa shape index (κ3) is 4.13. The molecule has 0 spiro atoms. The molecule has 0 aliphatic heterocycles. The van der Waals surface area contributed by atoms with Gasteiger partial charge in [0.05, 0.1) is 0 Å². The maximum atomic E-state index is 12.7. The van der Waals surface area contributed by atoms with Gasteiger partial charge in [-0.15, -0.1) is 0 Å². The molecule has 0 heterocycles. The van der Waals surface area contributed by atoms with Crippen molar-refractivity contribution in [2.45, 2.75) is 51.0 Å². The van der Waals surface area contributed by atoms with Crippen LogP contribution in [0.25, 0.3) is 0 Å². The molecule has 0 aromatic heterocycles. The molecule has 1 aromatic rings. The number of hydrogen-bond donors (Lipinski definition) is 1. The molecule has 3 heteroatoms. The van der Waals surface area contributed by atoms with Crippen molar-refractivity contribution < 1.29 is 9.18 Å². The van der Waals surface area contributed by atoms with Crippen LogP contribution in [0.15, 0.2) is 24.3 Å². The average Bonchev–Trinajstić information content (AvgIpc) is 2.39. The van der Waals surface area contributed by atoms with Gasteiger partial charge in [-0.25, -0.2) is 4.39 Å². The van der Waals surface area contributed by atoms with Crippen LogP contribution in [-0.2, 0) is 11.2 Å². The first-order chi connectivity index (χ1) is 8.74. The molecule has 0 saturated heterocycles. The highest BCUT2D eigenvalue weighted by Crippen LogP contribution is 2.17. The lowest BCUT2D eigenvalue weighted by molar-refractivity contribution is -0.121. The monoisotopic (exact) mass is 249 g/mol. The van der Waals surface area contributed by atoms with E-state index in [0.29, 0.717) is 18.9 Å². The van der Waals surface area contributed by atoms with Crippen molar-refractivity contribution in [3.05, 3.63) is 35.6 Å². The van der Waals surface area contributed by atoms with Crippen molar-refractivity contribution in [1.82, 2.24) is 5.32 Å². The highest BCUT2D eigenvalue weighted by molar-refractivity contribution is 5.76. The summed E-state index contributed by atoms with van der Waals surface area (Å²) in [5.41, 5.74) is 1.01. The Morgan fingerprint density at radius 1 is 1.17 bits per heavy atom. The van der Waals surface area contributed by atoms with Crippen LogP contribution in [0.3, 0.4) is 0 Å². The third-order valence-corrected chi connectivity index (χ3v) is 3.52. The van der Waals surface area contributed by atoms with E-state index in [-0.39, 0.29) is 11.7 Å². The van der Waals surface area contributed by atoms with Crippen LogP contribution < -0.4 is 5.32 Å². The van der Waals surface area contributed by atoms with Gasteiger partial charge in [-0.2, -0.15) is 0 Å². The minimum atomic E-state index is -0.231. The molecule has 1 aromatic carbocycles. The van der Waals surface area contributed by atoms with Gasteiger partial charge in [-0.3, -0.25) is 4.79 Å². The van der Waals surface area contributed by atoms with Gasteiger partial charge in [0.15, 0.2) is 0 Å². The first kappa shape index (κ1) is 13.1. The van der Waals surface area contributed by atoms with E-state index in [1.54, 1.807) is 12.1 Å². The van der Waals surface area contributed by atoms with Crippen LogP contribution in [0.5, 0.6) is 0 Å². The predicted molar refractivity (Wildman–Crippen MR) is 69.7 cm³/mol. The van der Waals surface area contributed by atoms with E-state index in [2.05, 4.69) is 5.32 Å². The van der Waals surface area contributed by atoms with Crippen molar-refractivity contribution >= 4 is 5.91 Å². The topological polar surface area (TPSA) is 29.1 Å². The van der Waals surface area contributed by atoms with E-state index >= 15 is 0 Å². The van der Waals surface area contributed by atoms with Crippen molar-refractivity contribution in [3.8, 4) is 0 Å². The summed E-state index contributed by atoms with van der Waals surface area (Å²) in [5, 5.41) is 3.09. The summed E-state index contributed by atoms with van der Waals surface area (Å²) in [4.78, 5) is 11.8. The Morgan fingerprint density at radius 3 is 2.50 bits per heavy atom. The van der Waals surface area contributed by atoms with Crippen molar-refractivity contribution in [2.75, 3.05) is 0 Å². The Balaban J connectivity index is 1.72. The fourth-order valence-electron chi connectivity index (χ4n) is 2.46. The SMILES string of the molecule is O=C(CCc1ccc(F)cc1)NC1CCCCC1. The summed E-state index contributed by atoms with van der Waals surface area (Å²) in [6.07, 6.45) is 7.14. The molecule has 0 bridgehead atoms. The molecule has 98 valence electrons. The van der Waals surface area contributed by atoms with E-state index in [1.165, 1.54) is 31.4 Å². The second-order valence-corrected chi connectivity index (χ2v) is 5.03. The lowest BCUT2D eigenvalue weighted by atomic mass is 9.95.